The summed E-state index contributed by atoms with van der Waals surface area (Å²) >= 11 is 0. The second-order valence-corrected chi connectivity index (χ2v) is 15.5. The third-order valence-electron chi connectivity index (χ3n) is 2.46. The largest absolute Gasteiger partial charge is 0.406 e. The Morgan fingerprint density at radius 3 is 2.07 bits per heavy atom. The summed E-state index contributed by atoms with van der Waals surface area (Å²) in [6.07, 6.45) is 0.733. The predicted molar refractivity (Wildman–Crippen MR) is 67.9 cm³/mol. The zero-order valence-corrected chi connectivity index (χ0v) is 12.8. The maximum absolute atomic E-state index is 12.1. The molecule has 1 amide bonds. The Hall–Kier alpha value is -0.136. The maximum atomic E-state index is 12.1. The van der Waals surface area contributed by atoms with Crippen molar-refractivity contribution in [2.24, 2.45) is 0 Å². The fraction of sp³-hybridized carbons (Fsp3) is 0.900. The van der Waals surface area contributed by atoms with E-state index in [1.807, 2.05) is 0 Å². The van der Waals surface area contributed by atoms with Crippen LogP contribution in [-0.4, -0.2) is 39.7 Å². The monoisotopic (exact) mass is 245 g/mol. The summed E-state index contributed by atoms with van der Waals surface area (Å²) in [5, 5.41) is 0. The zero-order valence-electron chi connectivity index (χ0n) is 10.8. The molecule has 88 valence electrons. The highest BCUT2D eigenvalue weighted by Gasteiger charge is 2.40. The van der Waals surface area contributed by atoms with E-state index in [0.29, 0.717) is 0 Å². The summed E-state index contributed by atoms with van der Waals surface area (Å²) in [6.45, 7) is 13.9. The zero-order chi connectivity index (χ0) is 11.9. The molecule has 5 heteroatoms. The van der Waals surface area contributed by atoms with Crippen LogP contribution in [0.3, 0.4) is 0 Å². The molecule has 1 aliphatic heterocycles. The number of hydrogen-bond acceptors (Lipinski definition) is 2. The minimum Gasteiger partial charge on any atom is -0.406 e. The van der Waals surface area contributed by atoms with Crippen LogP contribution < -0.4 is 0 Å². The summed E-state index contributed by atoms with van der Waals surface area (Å²) in [5.41, 5.74) is 0. The van der Waals surface area contributed by atoms with Gasteiger partial charge in [0, 0.05) is 6.54 Å². The van der Waals surface area contributed by atoms with Crippen LogP contribution in [0, 0.1) is 0 Å². The molecule has 3 nitrogen and oxygen atoms in total. The molecule has 1 aliphatic rings. The Labute approximate surface area is 95.0 Å². The first kappa shape index (κ1) is 12.9. The Kier molecular flexibility index (Phi) is 3.47. The Bertz CT molecular complexity index is 255. The van der Waals surface area contributed by atoms with Crippen LogP contribution >= 0.6 is 0 Å². The summed E-state index contributed by atoms with van der Waals surface area (Å²) in [7, 11) is -3.07. The molecule has 0 N–H and O–H groups in total. The Balaban J connectivity index is 2.65. The molecule has 1 saturated heterocycles. The number of carbonyl (C=O) groups excluding carboxylic acids is 1. The van der Waals surface area contributed by atoms with Crippen LogP contribution in [0.5, 0.6) is 0 Å². The van der Waals surface area contributed by atoms with Crippen LogP contribution in [-0.2, 0) is 9.22 Å². The molecule has 0 radical (unpaired) electrons. The summed E-state index contributed by atoms with van der Waals surface area (Å²) < 4.78 is 7.97. The van der Waals surface area contributed by atoms with Gasteiger partial charge < -0.3 is 8.99 Å². The lowest BCUT2D eigenvalue weighted by atomic mass is 10.3. The Morgan fingerprint density at radius 2 is 1.73 bits per heavy atom. The number of rotatable bonds is 3. The van der Waals surface area contributed by atoms with E-state index in [4.69, 9.17) is 4.43 Å². The third-order valence-corrected chi connectivity index (χ3v) is 5.52. The molecular weight excluding hydrogens is 222 g/mol. The van der Waals surface area contributed by atoms with Gasteiger partial charge in [0.15, 0.2) is 16.6 Å². The van der Waals surface area contributed by atoms with Crippen molar-refractivity contribution in [2.45, 2.75) is 51.8 Å². The fourth-order valence-corrected chi connectivity index (χ4v) is 4.53. The van der Waals surface area contributed by atoms with Crippen molar-refractivity contribution in [2.75, 3.05) is 6.54 Å². The van der Waals surface area contributed by atoms with E-state index in [9.17, 15) is 4.79 Å². The van der Waals surface area contributed by atoms with Crippen molar-refractivity contribution in [3.8, 4) is 0 Å². The van der Waals surface area contributed by atoms with E-state index >= 15 is 0 Å². The van der Waals surface area contributed by atoms with Gasteiger partial charge in [-0.2, -0.15) is 0 Å². The van der Waals surface area contributed by atoms with Gasteiger partial charge in [-0.1, -0.05) is 19.6 Å². The fourth-order valence-electron chi connectivity index (χ4n) is 1.86. The molecule has 1 atom stereocenters. The average molecular weight is 245 g/mol. The van der Waals surface area contributed by atoms with E-state index in [1.54, 1.807) is 0 Å². The highest BCUT2D eigenvalue weighted by molar-refractivity contribution is 6.75. The van der Waals surface area contributed by atoms with Crippen molar-refractivity contribution >= 4 is 22.5 Å². The first-order chi connectivity index (χ1) is 6.61. The number of hydrogen-bond donors (Lipinski definition) is 0. The average Bonchev–Trinajstić information content (AvgIpc) is 2.27. The van der Waals surface area contributed by atoms with Gasteiger partial charge in [-0.05, 0) is 26.1 Å². The molecule has 0 saturated carbocycles. The van der Waals surface area contributed by atoms with Crippen LogP contribution in [0.15, 0.2) is 0 Å². The third kappa shape index (κ3) is 3.43. The second-order valence-electron chi connectivity index (χ2n) is 6.17. The van der Waals surface area contributed by atoms with Gasteiger partial charge in [0.25, 0.3) is 0 Å². The second kappa shape index (κ2) is 4.03. The van der Waals surface area contributed by atoms with E-state index in [1.165, 1.54) is 0 Å². The first-order valence-corrected chi connectivity index (χ1v) is 12.5. The van der Waals surface area contributed by atoms with E-state index < -0.39 is 16.6 Å². The van der Waals surface area contributed by atoms with Gasteiger partial charge in [0.2, 0.25) is 5.91 Å². The van der Waals surface area contributed by atoms with Crippen molar-refractivity contribution in [3.63, 3.8) is 0 Å². The van der Waals surface area contributed by atoms with Gasteiger partial charge in [-0.25, -0.2) is 0 Å². The number of amides is 1. The van der Waals surface area contributed by atoms with Gasteiger partial charge in [-0.15, -0.1) is 0 Å². The highest BCUT2D eigenvalue weighted by atomic mass is 28.4. The van der Waals surface area contributed by atoms with Crippen molar-refractivity contribution in [1.82, 2.24) is 4.57 Å². The molecule has 0 aromatic heterocycles. The maximum Gasteiger partial charge on any atom is 0.242 e. The quantitative estimate of drug-likeness (QED) is 0.714. The summed E-state index contributed by atoms with van der Waals surface area (Å²) in [4.78, 5) is 12.1. The molecule has 1 heterocycles. The van der Waals surface area contributed by atoms with E-state index in [0.717, 1.165) is 13.0 Å². The molecule has 1 fully saturated rings. The van der Waals surface area contributed by atoms with Crippen LogP contribution in [0.4, 0.5) is 0 Å². The minimum absolute atomic E-state index is 0.150. The van der Waals surface area contributed by atoms with Gasteiger partial charge in [0.05, 0.1) is 0 Å². The highest BCUT2D eigenvalue weighted by Crippen LogP contribution is 2.23. The minimum atomic E-state index is -1.58. The number of carbonyl (C=O) groups is 1. The molecule has 1 rings (SSSR count). The summed E-state index contributed by atoms with van der Waals surface area (Å²) in [5.74, 6) is 0.233. The lowest BCUT2D eigenvalue weighted by Gasteiger charge is -2.30. The van der Waals surface area contributed by atoms with Crippen molar-refractivity contribution in [1.29, 1.82) is 0 Å². The molecule has 0 aliphatic carbocycles. The lowest BCUT2D eigenvalue weighted by molar-refractivity contribution is -0.130. The molecule has 0 unspecified atom stereocenters. The van der Waals surface area contributed by atoms with Gasteiger partial charge >= 0.3 is 0 Å². The molecular formula is C10H23NO2Si2. The van der Waals surface area contributed by atoms with Crippen molar-refractivity contribution in [3.05, 3.63) is 0 Å². The Morgan fingerprint density at radius 1 is 1.20 bits per heavy atom. The topological polar surface area (TPSA) is 29.5 Å². The molecule has 0 bridgehead atoms. The van der Waals surface area contributed by atoms with Crippen LogP contribution in [0.25, 0.3) is 0 Å². The van der Waals surface area contributed by atoms with Crippen molar-refractivity contribution < 1.29 is 9.22 Å². The lowest BCUT2D eigenvalue weighted by Crippen LogP contribution is -2.49. The molecule has 15 heavy (non-hydrogen) atoms. The summed E-state index contributed by atoms with van der Waals surface area (Å²) in [6, 6.07) is 0. The van der Waals surface area contributed by atoms with E-state index in [2.05, 4.69) is 43.8 Å². The molecule has 0 aromatic carbocycles. The van der Waals surface area contributed by atoms with Crippen LogP contribution in [0.1, 0.15) is 6.42 Å². The molecule has 0 aromatic rings. The van der Waals surface area contributed by atoms with Crippen LogP contribution in [0.2, 0.25) is 39.3 Å². The number of nitrogens with zero attached hydrogens (tertiary/aromatic N) is 1. The first-order valence-electron chi connectivity index (χ1n) is 5.60. The predicted octanol–water partition coefficient (Wildman–Crippen LogP) is 2.27. The SMILES string of the molecule is C[Si](C)(C)O[C@H]1CCN([Si](C)(C)C)C1=O. The van der Waals surface area contributed by atoms with Gasteiger partial charge in [0.1, 0.15) is 6.10 Å². The van der Waals surface area contributed by atoms with E-state index in [-0.39, 0.29) is 12.0 Å². The van der Waals surface area contributed by atoms with Gasteiger partial charge in [-0.3, -0.25) is 4.79 Å². The standard InChI is InChI=1S/C10H23NO2Si2/c1-14(2,3)11-8-7-9(10(11)12)13-15(4,5)6/h9H,7-8H2,1-6H3/t9-/m0/s1. The normalized spacial score (nSPS) is 23.7. The smallest absolute Gasteiger partial charge is 0.242 e. The molecule has 0 spiro atoms.